The summed E-state index contributed by atoms with van der Waals surface area (Å²) in [5.41, 5.74) is 2.11. The number of para-hydroxylation sites is 1. The molecule has 0 amide bonds. The molecular formula is C13H12N2O2. The number of carbonyl (C=O) groups excluding carboxylic acids is 1. The van der Waals surface area contributed by atoms with Crippen molar-refractivity contribution in [3.05, 3.63) is 36.2 Å². The highest BCUT2D eigenvalue weighted by atomic mass is 16.5. The predicted molar refractivity (Wildman–Crippen MR) is 62.8 cm³/mol. The number of fused-ring (bicyclic) bond motifs is 1. The number of benzene rings is 1. The molecule has 17 heavy (non-hydrogen) atoms. The van der Waals surface area contributed by atoms with Crippen LogP contribution in [0.15, 0.2) is 30.6 Å². The monoisotopic (exact) mass is 228 g/mol. The largest absolute Gasteiger partial charge is 0.381 e. The summed E-state index contributed by atoms with van der Waals surface area (Å²) in [6.45, 7) is 1.20. The van der Waals surface area contributed by atoms with Crippen LogP contribution in [0.25, 0.3) is 11.0 Å². The lowest BCUT2D eigenvalue weighted by atomic mass is 9.96. The fraction of sp³-hybridized carbons (Fsp3) is 0.308. The summed E-state index contributed by atoms with van der Waals surface area (Å²) >= 11 is 0. The zero-order chi connectivity index (χ0) is 11.7. The molecule has 0 aliphatic carbocycles. The molecule has 2 heterocycles. The van der Waals surface area contributed by atoms with Crippen LogP contribution in [0.1, 0.15) is 16.8 Å². The second-order valence-corrected chi connectivity index (χ2v) is 4.15. The highest BCUT2D eigenvalue weighted by molar-refractivity contribution is 6.07. The Kier molecular flexibility index (Phi) is 2.57. The summed E-state index contributed by atoms with van der Waals surface area (Å²) < 4.78 is 5.25. The maximum absolute atomic E-state index is 12.3. The van der Waals surface area contributed by atoms with Crippen LogP contribution in [0.4, 0.5) is 0 Å². The third kappa shape index (κ3) is 1.80. The van der Waals surface area contributed by atoms with E-state index in [1.807, 2.05) is 18.2 Å². The first-order valence-corrected chi connectivity index (χ1v) is 5.68. The summed E-state index contributed by atoms with van der Waals surface area (Å²) in [6.07, 6.45) is 4.05. The van der Waals surface area contributed by atoms with Crippen molar-refractivity contribution >= 4 is 16.8 Å². The number of Topliss-reactive ketones (excluding diaryl/α,β-unsaturated/α-hetero) is 1. The highest BCUT2D eigenvalue weighted by Crippen LogP contribution is 2.22. The van der Waals surface area contributed by atoms with Crippen molar-refractivity contribution in [3.63, 3.8) is 0 Å². The summed E-state index contributed by atoms with van der Waals surface area (Å²) in [7, 11) is 0. The minimum atomic E-state index is -0.0254. The van der Waals surface area contributed by atoms with E-state index in [-0.39, 0.29) is 11.7 Å². The van der Waals surface area contributed by atoms with Gasteiger partial charge in [-0.15, -0.1) is 0 Å². The van der Waals surface area contributed by atoms with Crippen LogP contribution < -0.4 is 0 Å². The first-order valence-electron chi connectivity index (χ1n) is 5.68. The molecule has 0 spiro atoms. The van der Waals surface area contributed by atoms with Crippen LogP contribution in [0.5, 0.6) is 0 Å². The normalized spacial score (nSPS) is 19.6. The van der Waals surface area contributed by atoms with Crippen LogP contribution in [0.3, 0.4) is 0 Å². The van der Waals surface area contributed by atoms with E-state index < -0.39 is 0 Å². The van der Waals surface area contributed by atoms with Crippen LogP contribution in [0, 0.1) is 5.92 Å². The number of rotatable bonds is 2. The number of ketones is 1. The number of aromatic nitrogens is 2. The Morgan fingerprint density at radius 2 is 2.18 bits per heavy atom. The van der Waals surface area contributed by atoms with Crippen molar-refractivity contribution < 1.29 is 9.53 Å². The maximum Gasteiger partial charge on any atom is 0.170 e. The fourth-order valence-corrected chi connectivity index (χ4v) is 2.15. The van der Waals surface area contributed by atoms with Gasteiger partial charge >= 0.3 is 0 Å². The van der Waals surface area contributed by atoms with Gasteiger partial charge in [0.1, 0.15) is 0 Å². The molecule has 3 rings (SSSR count). The Bertz CT molecular complexity index is 557. The molecule has 4 heteroatoms. The zero-order valence-electron chi connectivity index (χ0n) is 9.30. The Balaban J connectivity index is 2.07. The Morgan fingerprint density at radius 3 is 3.00 bits per heavy atom. The van der Waals surface area contributed by atoms with Gasteiger partial charge in [0.05, 0.1) is 17.6 Å². The highest BCUT2D eigenvalue weighted by Gasteiger charge is 2.26. The second kappa shape index (κ2) is 4.22. The summed E-state index contributed by atoms with van der Waals surface area (Å²) in [5.74, 6) is 0.0937. The molecule has 2 aromatic rings. The van der Waals surface area contributed by atoms with Gasteiger partial charge in [0.25, 0.3) is 0 Å². The molecule has 4 nitrogen and oxygen atoms in total. The number of carbonyl (C=O) groups is 1. The number of hydrogen-bond donors (Lipinski definition) is 0. The molecule has 0 radical (unpaired) electrons. The third-order valence-corrected chi connectivity index (χ3v) is 3.06. The van der Waals surface area contributed by atoms with Gasteiger partial charge in [-0.05, 0) is 18.6 Å². The molecule has 1 fully saturated rings. The van der Waals surface area contributed by atoms with Crippen molar-refractivity contribution in [1.29, 1.82) is 0 Å². The summed E-state index contributed by atoms with van der Waals surface area (Å²) in [4.78, 5) is 20.8. The standard InChI is InChI=1S/C13H12N2O2/c16-13(9-4-7-17-8-9)10-2-1-3-11-12(10)15-6-5-14-11/h1-3,5-6,9H,4,7-8H2. The van der Waals surface area contributed by atoms with E-state index in [4.69, 9.17) is 4.74 Å². The van der Waals surface area contributed by atoms with Crippen molar-refractivity contribution in [2.24, 2.45) is 5.92 Å². The van der Waals surface area contributed by atoms with Crippen molar-refractivity contribution in [3.8, 4) is 0 Å². The average Bonchev–Trinajstić information content (AvgIpc) is 2.91. The fourth-order valence-electron chi connectivity index (χ4n) is 2.15. The molecule has 1 unspecified atom stereocenters. The molecule has 0 N–H and O–H groups in total. The number of nitrogens with zero attached hydrogens (tertiary/aromatic N) is 2. The molecule has 0 bridgehead atoms. The van der Waals surface area contributed by atoms with Crippen LogP contribution in [-0.2, 0) is 4.74 Å². The van der Waals surface area contributed by atoms with Crippen LogP contribution in [0.2, 0.25) is 0 Å². The van der Waals surface area contributed by atoms with Gasteiger partial charge in [-0.25, -0.2) is 0 Å². The molecule has 1 aliphatic rings. The molecular weight excluding hydrogens is 216 g/mol. The van der Waals surface area contributed by atoms with E-state index in [2.05, 4.69) is 9.97 Å². The minimum absolute atomic E-state index is 0.0254. The van der Waals surface area contributed by atoms with E-state index in [1.165, 1.54) is 0 Å². The maximum atomic E-state index is 12.3. The SMILES string of the molecule is O=C(c1cccc2nccnc12)C1CCOC1. The second-order valence-electron chi connectivity index (χ2n) is 4.15. The van der Waals surface area contributed by atoms with Crippen molar-refractivity contribution in [2.45, 2.75) is 6.42 Å². The number of ether oxygens (including phenoxy) is 1. The van der Waals surface area contributed by atoms with Gasteiger partial charge < -0.3 is 4.74 Å². The first-order chi connectivity index (χ1) is 8.36. The first kappa shape index (κ1) is 10.4. The Morgan fingerprint density at radius 1 is 1.29 bits per heavy atom. The topological polar surface area (TPSA) is 52.1 Å². The van der Waals surface area contributed by atoms with E-state index in [0.29, 0.717) is 24.3 Å². The lowest BCUT2D eigenvalue weighted by Crippen LogP contribution is -2.15. The van der Waals surface area contributed by atoms with Crippen LogP contribution >= 0.6 is 0 Å². The van der Waals surface area contributed by atoms with Crippen molar-refractivity contribution in [1.82, 2.24) is 9.97 Å². The van der Waals surface area contributed by atoms with E-state index in [0.717, 1.165) is 11.9 Å². The molecule has 86 valence electrons. The van der Waals surface area contributed by atoms with Gasteiger partial charge in [-0.3, -0.25) is 14.8 Å². The van der Waals surface area contributed by atoms with Gasteiger partial charge in [-0.2, -0.15) is 0 Å². The molecule has 1 aromatic carbocycles. The minimum Gasteiger partial charge on any atom is -0.381 e. The van der Waals surface area contributed by atoms with Gasteiger partial charge in [-0.1, -0.05) is 6.07 Å². The van der Waals surface area contributed by atoms with E-state index in [9.17, 15) is 4.79 Å². The third-order valence-electron chi connectivity index (χ3n) is 3.06. The van der Waals surface area contributed by atoms with Gasteiger partial charge in [0.15, 0.2) is 5.78 Å². The molecule has 1 saturated heterocycles. The van der Waals surface area contributed by atoms with Crippen LogP contribution in [-0.4, -0.2) is 29.0 Å². The zero-order valence-corrected chi connectivity index (χ0v) is 9.30. The lowest BCUT2D eigenvalue weighted by Gasteiger charge is -2.08. The molecule has 1 aliphatic heterocycles. The van der Waals surface area contributed by atoms with E-state index >= 15 is 0 Å². The number of hydrogen-bond acceptors (Lipinski definition) is 4. The lowest BCUT2D eigenvalue weighted by molar-refractivity contribution is 0.0902. The molecule has 1 atom stereocenters. The average molecular weight is 228 g/mol. The molecule has 0 saturated carbocycles. The molecule has 1 aromatic heterocycles. The summed E-state index contributed by atoms with van der Waals surface area (Å²) in [5, 5.41) is 0. The predicted octanol–water partition coefficient (Wildman–Crippen LogP) is 1.85. The van der Waals surface area contributed by atoms with Gasteiger partial charge in [0.2, 0.25) is 0 Å². The van der Waals surface area contributed by atoms with E-state index in [1.54, 1.807) is 12.4 Å². The van der Waals surface area contributed by atoms with Crippen molar-refractivity contribution in [2.75, 3.05) is 13.2 Å². The summed E-state index contributed by atoms with van der Waals surface area (Å²) in [6, 6.07) is 5.53. The Hall–Kier alpha value is -1.81. The smallest absolute Gasteiger partial charge is 0.170 e. The Labute approximate surface area is 98.6 Å². The van der Waals surface area contributed by atoms with Gasteiger partial charge in [0, 0.05) is 30.5 Å². The quantitative estimate of drug-likeness (QED) is 0.736.